The predicted molar refractivity (Wildman–Crippen MR) is 70.2 cm³/mol. The van der Waals surface area contributed by atoms with Gasteiger partial charge in [0.25, 0.3) is 0 Å². The molecule has 4 aliphatic carbocycles. The van der Waals surface area contributed by atoms with Gasteiger partial charge < -0.3 is 0 Å². The summed E-state index contributed by atoms with van der Waals surface area (Å²) in [6.45, 7) is 0. The number of fused-ring (bicyclic) bond motifs is 4. The van der Waals surface area contributed by atoms with Crippen molar-refractivity contribution in [3.05, 3.63) is 0 Å². The van der Waals surface area contributed by atoms with Crippen molar-refractivity contribution in [1.82, 2.24) is 0 Å². The molecule has 0 saturated heterocycles. The first kappa shape index (κ1) is 12.1. The van der Waals surface area contributed by atoms with E-state index in [1.54, 1.807) is 0 Å². The Morgan fingerprint density at radius 3 is 1.29 bits per heavy atom. The number of rotatable bonds is 2. The van der Waals surface area contributed by atoms with Crippen molar-refractivity contribution >= 4 is 18.6 Å². The van der Waals surface area contributed by atoms with Crippen LogP contribution < -0.4 is 0 Å². The average molecular weight is 309 g/mol. The molecule has 3 heteroatoms. The van der Waals surface area contributed by atoms with Crippen molar-refractivity contribution in [3.8, 4) is 0 Å². The molecule has 4 bridgehead atoms. The van der Waals surface area contributed by atoms with E-state index in [2.05, 4.69) is 0 Å². The molecule has 0 aliphatic heterocycles. The first-order chi connectivity index (χ1) is 8.07. The van der Waals surface area contributed by atoms with Gasteiger partial charge in [0, 0.05) is 0 Å². The van der Waals surface area contributed by atoms with Crippen molar-refractivity contribution in [1.29, 1.82) is 0 Å². The van der Waals surface area contributed by atoms with Crippen LogP contribution in [-0.2, 0) is 14.5 Å². The minimum absolute atomic E-state index is 0.479. The third-order valence-electron chi connectivity index (χ3n) is 6.82. The molecule has 4 aliphatic rings. The van der Waals surface area contributed by atoms with Crippen LogP contribution >= 0.6 is 18.6 Å². The molecule has 0 N–H and O–H groups in total. The first-order valence-electron chi connectivity index (χ1n) is 7.45. The SMILES string of the molecule is [Cl][Ti]([Cl])([C]12CCC(CC1)C2)[C]12CCC(CC1)C2. The number of hydrogen-bond donors (Lipinski definition) is 0. The third-order valence-corrected chi connectivity index (χ3v) is 19.8. The monoisotopic (exact) mass is 308 g/mol. The fraction of sp³-hybridized carbons (Fsp3) is 1.00. The van der Waals surface area contributed by atoms with Crippen LogP contribution in [0.1, 0.15) is 64.2 Å². The zero-order valence-electron chi connectivity index (χ0n) is 10.5. The van der Waals surface area contributed by atoms with Crippen molar-refractivity contribution in [3.63, 3.8) is 0 Å². The van der Waals surface area contributed by atoms with Gasteiger partial charge in [0.15, 0.2) is 0 Å². The standard InChI is InChI=1S/2C7H11.2ClH.Ti/c2*1-2-7-4-3-6(1)5-7;;;/h2*6H,1-5H2;2*1H;/q;;;;+2/p-2. The Hall–Kier alpha value is 1.29. The van der Waals surface area contributed by atoms with Gasteiger partial charge >= 0.3 is 117 Å². The number of hydrogen-bond acceptors (Lipinski definition) is 0. The molecule has 17 heavy (non-hydrogen) atoms. The summed E-state index contributed by atoms with van der Waals surface area (Å²) in [5.41, 5.74) is 0. The van der Waals surface area contributed by atoms with Gasteiger partial charge in [-0.25, -0.2) is 0 Å². The Kier molecular flexibility index (Phi) is 2.62. The summed E-state index contributed by atoms with van der Waals surface area (Å²) in [7, 11) is 14.5. The molecule has 0 unspecified atom stereocenters. The van der Waals surface area contributed by atoms with Crippen LogP contribution in [0.3, 0.4) is 0 Å². The summed E-state index contributed by atoms with van der Waals surface area (Å²) in [6, 6.07) is 0. The Morgan fingerprint density at radius 2 is 1.06 bits per heavy atom. The molecule has 4 saturated carbocycles. The van der Waals surface area contributed by atoms with Gasteiger partial charge in [-0.2, -0.15) is 0 Å². The van der Waals surface area contributed by atoms with E-state index in [0.717, 1.165) is 11.8 Å². The molecule has 0 aromatic heterocycles. The molecule has 0 aromatic rings. The maximum atomic E-state index is 7.27. The predicted octanol–water partition coefficient (Wildman–Crippen LogP) is 5.95. The molecule has 96 valence electrons. The van der Waals surface area contributed by atoms with Crippen molar-refractivity contribution in [2.45, 2.75) is 71.6 Å². The van der Waals surface area contributed by atoms with Crippen LogP contribution in [0.5, 0.6) is 0 Å². The van der Waals surface area contributed by atoms with E-state index in [-0.39, 0.29) is 0 Å². The molecule has 4 rings (SSSR count). The van der Waals surface area contributed by atoms with Crippen molar-refractivity contribution in [2.24, 2.45) is 11.8 Å². The normalized spacial score (nSPS) is 52.6. The Labute approximate surface area is 116 Å². The molecule has 4 fully saturated rings. The summed E-state index contributed by atoms with van der Waals surface area (Å²) in [4.78, 5) is 0. The van der Waals surface area contributed by atoms with E-state index in [9.17, 15) is 0 Å². The summed E-state index contributed by atoms with van der Waals surface area (Å²) < 4.78 is 0.958. The van der Waals surface area contributed by atoms with E-state index >= 15 is 0 Å². The molecular formula is C14H22Cl2Ti. The second kappa shape index (κ2) is 3.69. The van der Waals surface area contributed by atoms with Crippen molar-refractivity contribution in [2.75, 3.05) is 0 Å². The van der Waals surface area contributed by atoms with Gasteiger partial charge in [-0.1, -0.05) is 0 Å². The summed E-state index contributed by atoms with van der Waals surface area (Å²) in [5, 5.41) is 0. The van der Waals surface area contributed by atoms with Crippen LogP contribution in [0.4, 0.5) is 0 Å². The van der Waals surface area contributed by atoms with Gasteiger partial charge in [-0.05, 0) is 0 Å². The molecule has 0 amide bonds. The quantitative estimate of drug-likeness (QED) is 0.553. The summed E-state index contributed by atoms with van der Waals surface area (Å²) in [6.07, 6.45) is 14.1. The molecule has 0 heterocycles. The van der Waals surface area contributed by atoms with Crippen LogP contribution in [0, 0.1) is 11.8 Å². The number of halogens is 2. The van der Waals surface area contributed by atoms with Crippen LogP contribution in [0.2, 0.25) is 7.44 Å². The van der Waals surface area contributed by atoms with E-state index < -0.39 is 14.5 Å². The zero-order valence-corrected chi connectivity index (χ0v) is 13.6. The van der Waals surface area contributed by atoms with E-state index in [0.29, 0.717) is 7.44 Å². The maximum absolute atomic E-state index is 7.27. The molecule has 0 atom stereocenters. The van der Waals surface area contributed by atoms with Crippen LogP contribution in [0.15, 0.2) is 0 Å². The Balaban J connectivity index is 1.71. The van der Waals surface area contributed by atoms with Crippen LogP contribution in [-0.4, -0.2) is 0 Å². The minimum atomic E-state index is -2.70. The van der Waals surface area contributed by atoms with Gasteiger partial charge in [0.1, 0.15) is 0 Å². The zero-order chi connectivity index (χ0) is 11.7. The fourth-order valence-corrected chi connectivity index (χ4v) is 16.5. The Bertz CT molecular complexity index is 304. The second-order valence-electron chi connectivity index (χ2n) is 7.43. The second-order valence-corrected chi connectivity index (χ2v) is 18.0. The first-order valence-corrected chi connectivity index (χ1v) is 13.3. The van der Waals surface area contributed by atoms with Crippen molar-refractivity contribution < 1.29 is 14.5 Å². The van der Waals surface area contributed by atoms with E-state index in [4.69, 9.17) is 18.6 Å². The Morgan fingerprint density at radius 1 is 0.706 bits per heavy atom. The van der Waals surface area contributed by atoms with Gasteiger partial charge in [-0.3, -0.25) is 0 Å². The molecule has 0 spiro atoms. The van der Waals surface area contributed by atoms with Gasteiger partial charge in [0.2, 0.25) is 0 Å². The summed E-state index contributed by atoms with van der Waals surface area (Å²) >= 11 is -2.70. The van der Waals surface area contributed by atoms with E-state index in [1.807, 2.05) is 0 Å². The molecule has 0 nitrogen and oxygen atoms in total. The van der Waals surface area contributed by atoms with Gasteiger partial charge in [-0.15, -0.1) is 0 Å². The molecule has 0 aromatic carbocycles. The van der Waals surface area contributed by atoms with Crippen LogP contribution in [0.25, 0.3) is 0 Å². The fourth-order valence-electron chi connectivity index (χ4n) is 5.83. The summed E-state index contributed by atoms with van der Waals surface area (Å²) in [5.74, 6) is 1.99. The van der Waals surface area contributed by atoms with Gasteiger partial charge in [0.05, 0.1) is 0 Å². The average Bonchev–Trinajstić information content (AvgIpc) is 3.09. The molecule has 0 radical (unpaired) electrons. The van der Waals surface area contributed by atoms with E-state index in [1.165, 1.54) is 64.2 Å². The third kappa shape index (κ3) is 1.42. The molecular weight excluding hydrogens is 287 g/mol. The topological polar surface area (TPSA) is 0 Å².